The predicted molar refractivity (Wildman–Crippen MR) is 85.9 cm³/mol. The minimum absolute atomic E-state index is 0.00845. The fourth-order valence-electron chi connectivity index (χ4n) is 2.56. The molecule has 0 unspecified atom stereocenters. The summed E-state index contributed by atoms with van der Waals surface area (Å²) in [6, 6.07) is 11.8. The number of amides is 1. The number of furan rings is 1. The highest BCUT2D eigenvalue weighted by atomic mass is 32.2. The molecule has 1 aliphatic rings. The molecule has 3 rings (SSSR count). The van der Waals surface area contributed by atoms with Crippen molar-refractivity contribution in [3.63, 3.8) is 0 Å². The lowest BCUT2D eigenvalue weighted by Crippen LogP contribution is -2.28. The zero-order chi connectivity index (χ0) is 16.4. The van der Waals surface area contributed by atoms with Gasteiger partial charge in [-0.05, 0) is 37.1 Å². The van der Waals surface area contributed by atoms with Gasteiger partial charge in [0.25, 0.3) is 15.9 Å². The molecule has 1 amide bonds. The SMILES string of the molecule is CN(C(=O)c1ccc(S(=O)(=O)N2CCCC2)o1)c1ccccc1. The molecule has 23 heavy (non-hydrogen) atoms. The van der Waals surface area contributed by atoms with Gasteiger partial charge < -0.3 is 9.32 Å². The summed E-state index contributed by atoms with van der Waals surface area (Å²) in [6.07, 6.45) is 1.70. The van der Waals surface area contributed by atoms with Gasteiger partial charge in [-0.1, -0.05) is 18.2 Å². The van der Waals surface area contributed by atoms with E-state index in [-0.39, 0.29) is 16.8 Å². The molecule has 0 saturated carbocycles. The van der Waals surface area contributed by atoms with Crippen molar-refractivity contribution in [3.8, 4) is 0 Å². The van der Waals surface area contributed by atoms with Crippen LogP contribution in [0.5, 0.6) is 0 Å². The number of benzene rings is 1. The minimum atomic E-state index is -3.65. The van der Waals surface area contributed by atoms with Gasteiger partial charge in [0.2, 0.25) is 5.09 Å². The molecule has 0 atom stereocenters. The first-order chi connectivity index (χ1) is 11.0. The molecule has 122 valence electrons. The summed E-state index contributed by atoms with van der Waals surface area (Å²) in [7, 11) is -2.03. The maximum Gasteiger partial charge on any atom is 0.293 e. The van der Waals surface area contributed by atoms with Crippen LogP contribution in [0.25, 0.3) is 0 Å². The van der Waals surface area contributed by atoms with Crippen molar-refractivity contribution in [3.05, 3.63) is 48.2 Å². The lowest BCUT2D eigenvalue weighted by atomic mass is 10.3. The molecule has 1 aromatic heterocycles. The largest absolute Gasteiger partial charge is 0.438 e. The van der Waals surface area contributed by atoms with Crippen LogP contribution in [-0.2, 0) is 10.0 Å². The number of para-hydroxylation sites is 1. The van der Waals surface area contributed by atoms with Gasteiger partial charge in [0.15, 0.2) is 5.76 Å². The number of carbonyl (C=O) groups is 1. The standard InChI is InChI=1S/C16H18N2O4S/c1-17(13-7-3-2-4-8-13)16(19)14-9-10-15(22-14)23(20,21)18-11-5-6-12-18/h2-4,7-10H,5-6,11-12H2,1H3. The highest BCUT2D eigenvalue weighted by Crippen LogP contribution is 2.24. The van der Waals surface area contributed by atoms with Crippen molar-refractivity contribution in [1.82, 2.24) is 4.31 Å². The van der Waals surface area contributed by atoms with Gasteiger partial charge in [-0.15, -0.1) is 0 Å². The molecule has 0 bridgehead atoms. The second-order valence-corrected chi connectivity index (χ2v) is 7.30. The van der Waals surface area contributed by atoms with Crippen LogP contribution < -0.4 is 4.90 Å². The van der Waals surface area contributed by atoms with Crippen molar-refractivity contribution in [2.45, 2.75) is 17.9 Å². The monoisotopic (exact) mass is 334 g/mol. The zero-order valence-electron chi connectivity index (χ0n) is 12.8. The summed E-state index contributed by atoms with van der Waals surface area (Å²) in [5, 5.41) is -0.177. The lowest BCUT2D eigenvalue weighted by molar-refractivity contribution is 0.0961. The Morgan fingerprint density at radius 2 is 1.74 bits per heavy atom. The van der Waals surface area contributed by atoms with Crippen LogP contribution in [0.1, 0.15) is 23.4 Å². The quantitative estimate of drug-likeness (QED) is 0.860. The van der Waals surface area contributed by atoms with Crippen LogP contribution in [0.4, 0.5) is 5.69 Å². The average molecular weight is 334 g/mol. The Balaban J connectivity index is 1.83. The van der Waals surface area contributed by atoms with Crippen molar-refractivity contribution in [1.29, 1.82) is 0 Å². The molecule has 2 heterocycles. The molecule has 1 fully saturated rings. The summed E-state index contributed by atoms with van der Waals surface area (Å²) < 4.78 is 31.6. The molecule has 7 heteroatoms. The molecule has 1 aromatic carbocycles. The van der Waals surface area contributed by atoms with Crippen molar-refractivity contribution in [2.24, 2.45) is 0 Å². The molecule has 1 saturated heterocycles. The Morgan fingerprint density at radius 3 is 2.39 bits per heavy atom. The number of anilines is 1. The van der Waals surface area contributed by atoms with Crippen LogP contribution in [0.3, 0.4) is 0 Å². The number of nitrogens with zero attached hydrogens (tertiary/aromatic N) is 2. The Bertz CT molecular complexity index is 792. The van der Waals surface area contributed by atoms with Crippen LogP contribution >= 0.6 is 0 Å². The molecular weight excluding hydrogens is 316 g/mol. The molecule has 6 nitrogen and oxygen atoms in total. The van der Waals surface area contributed by atoms with Crippen molar-refractivity contribution in [2.75, 3.05) is 25.0 Å². The fraction of sp³-hybridized carbons (Fsp3) is 0.312. The number of sulfonamides is 1. The summed E-state index contributed by atoms with van der Waals surface area (Å²) in [4.78, 5) is 13.9. The highest BCUT2D eigenvalue weighted by Gasteiger charge is 2.31. The summed E-state index contributed by atoms with van der Waals surface area (Å²) >= 11 is 0. The number of hydrogen-bond acceptors (Lipinski definition) is 4. The number of rotatable bonds is 4. The third kappa shape index (κ3) is 3.02. The predicted octanol–water partition coefficient (Wildman–Crippen LogP) is 2.34. The number of carbonyl (C=O) groups excluding carboxylic acids is 1. The van der Waals surface area contributed by atoms with E-state index >= 15 is 0 Å². The number of hydrogen-bond donors (Lipinski definition) is 0. The van der Waals surface area contributed by atoms with E-state index in [0.717, 1.165) is 12.8 Å². The highest BCUT2D eigenvalue weighted by molar-refractivity contribution is 7.89. The van der Waals surface area contributed by atoms with Crippen LogP contribution in [-0.4, -0.2) is 38.8 Å². The first kappa shape index (κ1) is 15.8. The normalized spacial score (nSPS) is 15.7. The molecule has 0 aliphatic carbocycles. The lowest BCUT2D eigenvalue weighted by Gasteiger charge is -2.16. The maximum absolute atomic E-state index is 12.4. The first-order valence-corrected chi connectivity index (χ1v) is 8.87. The smallest absolute Gasteiger partial charge is 0.293 e. The first-order valence-electron chi connectivity index (χ1n) is 7.43. The molecular formula is C16H18N2O4S. The van der Waals surface area contributed by atoms with Crippen molar-refractivity contribution >= 4 is 21.6 Å². The summed E-state index contributed by atoms with van der Waals surface area (Å²) in [5.41, 5.74) is 0.706. The Kier molecular flexibility index (Phi) is 4.23. The zero-order valence-corrected chi connectivity index (χ0v) is 13.6. The van der Waals surface area contributed by atoms with Gasteiger partial charge in [-0.25, -0.2) is 8.42 Å². The van der Waals surface area contributed by atoms with E-state index in [2.05, 4.69) is 0 Å². The van der Waals surface area contributed by atoms with Crippen molar-refractivity contribution < 1.29 is 17.6 Å². The average Bonchev–Trinajstić information content (AvgIpc) is 3.26. The second kappa shape index (κ2) is 6.17. The van der Waals surface area contributed by atoms with Crippen LogP contribution in [0, 0.1) is 0 Å². The molecule has 0 N–H and O–H groups in total. The van der Waals surface area contributed by atoms with Gasteiger partial charge in [0.05, 0.1) is 0 Å². The fourth-order valence-corrected chi connectivity index (χ4v) is 3.99. The van der Waals surface area contributed by atoms with Gasteiger partial charge >= 0.3 is 0 Å². The van der Waals surface area contributed by atoms with Crippen LogP contribution in [0.2, 0.25) is 0 Å². The van der Waals surface area contributed by atoms with E-state index in [4.69, 9.17) is 4.42 Å². The molecule has 0 radical (unpaired) electrons. The Labute approximate surface area is 135 Å². The van der Waals surface area contributed by atoms with E-state index in [9.17, 15) is 13.2 Å². The second-order valence-electron chi connectivity index (χ2n) is 5.43. The molecule has 2 aromatic rings. The molecule has 1 aliphatic heterocycles. The summed E-state index contributed by atoms with van der Waals surface area (Å²) in [5.74, 6) is -0.381. The topological polar surface area (TPSA) is 70.8 Å². The maximum atomic E-state index is 12.4. The Hall–Kier alpha value is -2.12. The van der Waals surface area contributed by atoms with Gasteiger partial charge in [-0.3, -0.25) is 4.79 Å². The summed E-state index contributed by atoms with van der Waals surface area (Å²) in [6.45, 7) is 0.993. The minimum Gasteiger partial charge on any atom is -0.438 e. The van der Waals surface area contributed by atoms with Gasteiger partial charge in [0, 0.05) is 25.8 Å². The van der Waals surface area contributed by atoms with Crippen LogP contribution in [0.15, 0.2) is 52.0 Å². The van der Waals surface area contributed by atoms with E-state index in [1.807, 2.05) is 18.2 Å². The van der Waals surface area contributed by atoms with E-state index in [0.29, 0.717) is 18.8 Å². The van der Waals surface area contributed by atoms with Gasteiger partial charge in [-0.2, -0.15) is 4.31 Å². The van der Waals surface area contributed by atoms with E-state index < -0.39 is 10.0 Å². The van der Waals surface area contributed by atoms with E-state index in [1.54, 1.807) is 19.2 Å². The molecule has 0 spiro atoms. The third-order valence-corrected chi connectivity index (χ3v) is 5.67. The van der Waals surface area contributed by atoms with E-state index in [1.165, 1.54) is 21.3 Å². The third-order valence-electron chi connectivity index (χ3n) is 3.90. The Morgan fingerprint density at radius 1 is 1.09 bits per heavy atom. The van der Waals surface area contributed by atoms with Gasteiger partial charge in [0.1, 0.15) is 0 Å².